The van der Waals surface area contributed by atoms with Crippen molar-refractivity contribution in [2.75, 3.05) is 0 Å². The lowest BCUT2D eigenvalue weighted by molar-refractivity contribution is 0.441. The van der Waals surface area contributed by atoms with Crippen LogP contribution in [-0.2, 0) is 0 Å². The van der Waals surface area contributed by atoms with Gasteiger partial charge in [0.25, 0.3) is 0 Å². The molecule has 2 aromatic rings. The third-order valence-corrected chi connectivity index (χ3v) is 1.42. The lowest BCUT2D eigenvalue weighted by Crippen LogP contribution is -1.89. The van der Waals surface area contributed by atoms with Gasteiger partial charge in [-0.2, -0.15) is 0 Å². The first-order chi connectivity index (χ1) is 6.45. The fraction of sp³-hybridized carbons (Fsp3) is 0. The van der Waals surface area contributed by atoms with Gasteiger partial charge in [-0.25, -0.2) is 9.97 Å². The summed E-state index contributed by atoms with van der Waals surface area (Å²) in [5.41, 5.74) is 0. The highest BCUT2D eigenvalue weighted by Crippen LogP contribution is 2.14. The molecule has 0 fully saturated rings. The maximum absolute atomic E-state index is 5.30. The summed E-state index contributed by atoms with van der Waals surface area (Å²) in [5, 5.41) is 0. The van der Waals surface area contributed by atoms with Crippen LogP contribution in [0.5, 0.6) is 11.8 Å². The highest BCUT2D eigenvalue weighted by atomic mass is 16.5. The van der Waals surface area contributed by atoms with Crippen LogP contribution in [0.2, 0.25) is 0 Å². The number of para-hydroxylation sites is 1. The van der Waals surface area contributed by atoms with E-state index in [1.807, 2.05) is 12.1 Å². The summed E-state index contributed by atoms with van der Waals surface area (Å²) in [6.07, 6.45) is 3.26. The summed E-state index contributed by atoms with van der Waals surface area (Å²) < 4.78 is 5.30. The molecule has 0 spiro atoms. The third-order valence-electron chi connectivity index (χ3n) is 1.42. The van der Waals surface area contributed by atoms with Crippen LogP contribution in [0.15, 0.2) is 42.7 Å². The zero-order valence-corrected chi connectivity index (χ0v) is 6.84. The van der Waals surface area contributed by atoms with E-state index in [2.05, 4.69) is 16.0 Å². The molecule has 0 saturated heterocycles. The Balaban J connectivity index is 2.16. The van der Waals surface area contributed by atoms with Gasteiger partial charge in [-0.05, 0) is 12.1 Å². The van der Waals surface area contributed by atoms with Crippen LogP contribution in [0.4, 0.5) is 0 Å². The minimum Gasteiger partial charge on any atom is -0.424 e. The Morgan fingerprint density at radius 1 is 1.08 bits per heavy atom. The molecule has 0 amide bonds. The molecule has 63 valence electrons. The second-order valence-corrected chi connectivity index (χ2v) is 2.36. The average molecular weight is 171 g/mol. The van der Waals surface area contributed by atoms with Crippen molar-refractivity contribution in [1.82, 2.24) is 9.97 Å². The smallest absolute Gasteiger partial charge is 0.321 e. The molecule has 0 saturated carbocycles. The van der Waals surface area contributed by atoms with Crippen molar-refractivity contribution in [1.29, 1.82) is 0 Å². The molecular formula is C10H7N2O. The first-order valence-electron chi connectivity index (χ1n) is 3.87. The molecule has 1 aromatic heterocycles. The van der Waals surface area contributed by atoms with Crippen molar-refractivity contribution in [3.05, 3.63) is 48.8 Å². The molecule has 0 aliphatic heterocycles. The SMILES string of the molecule is [c]1ccccc1Oc1ncccn1. The van der Waals surface area contributed by atoms with Gasteiger partial charge < -0.3 is 4.74 Å². The minimum atomic E-state index is 0.338. The lowest BCUT2D eigenvalue weighted by atomic mass is 10.3. The molecule has 1 aromatic carbocycles. The predicted octanol–water partition coefficient (Wildman–Crippen LogP) is 2.07. The molecule has 0 bridgehead atoms. The molecule has 0 aliphatic rings. The Morgan fingerprint density at radius 3 is 2.62 bits per heavy atom. The van der Waals surface area contributed by atoms with Crippen LogP contribution in [0, 0.1) is 6.07 Å². The molecule has 0 N–H and O–H groups in total. The number of rotatable bonds is 2. The Hall–Kier alpha value is -1.90. The summed E-state index contributed by atoms with van der Waals surface area (Å²) in [5.74, 6) is 0.619. The summed E-state index contributed by atoms with van der Waals surface area (Å²) >= 11 is 0. The van der Waals surface area contributed by atoms with E-state index in [0.717, 1.165) is 0 Å². The van der Waals surface area contributed by atoms with E-state index < -0.39 is 0 Å². The Labute approximate surface area is 76.0 Å². The van der Waals surface area contributed by atoms with Crippen LogP contribution in [0.3, 0.4) is 0 Å². The second-order valence-electron chi connectivity index (χ2n) is 2.36. The minimum absolute atomic E-state index is 0.338. The first-order valence-corrected chi connectivity index (χ1v) is 3.87. The van der Waals surface area contributed by atoms with Crippen molar-refractivity contribution in [3.8, 4) is 11.8 Å². The number of nitrogens with zero attached hydrogens (tertiary/aromatic N) is 2. The maximum Gasteiger partial charge on any atom is 0.321 e. The van der Waals surface area contributed by atoms with E-state index in [0.29, 0.717) is 11.8 Å². The molecule has 0 unspecified atom stereocenters. The van der Waals surface area contributed by atoms with Crippen molar-refractivity contribution >= 4 is 0 Å². The summed E-state index contributed by atoms with van der Waals surface area (Å²) in [7, 11) is 0. The first kappa shape index (κ1) is 7.73. The van der Waals surface area contributed by atoms with Crippen LogP contribution in [0.25, 0.3) is 0 Å². The molecule has 13 heavy (non-hydrogen) atoms. The standard InChI is InChI=1S/C10H7N2O/c1-2-5-9(6-3-1)13-10-11-7-4-8-12-10/h1-5,7-8H. The second kappa shape index (κ2) is 3.67. The molecule has 2 rings (SSSR count). The van der Waals surface area contributed by atoms with Gasteiger partial charge in [-0.15, -0.1) is 0 Å². The molecule has 0 atom stereocenters. The van der Waals surface area contributed by atoms with Gasteiger partial charge in [-0.3, -0.25) is 0 Å². The largest absolute Gasteiger partial charge is 0.424 e. The summed E-state index contributed by atoms with van der Waals surface area (Å²) in [6, 6.07) is 12.3. The Kier molecular flexibility index (Phi) is 2.18. The number of ether oxygens (including phenoxy) is 1. The lowest BCUT2D eigenvalue weighted by Gasteiger charge is -2.00. The quantitative estimate of drug-likeness (QED) is 0.693. The zero-order valence-electron chi connectivity index (χ0n) is 6.84. The van der Waals surface area contributed by atoms with Gasteiger partial charge in [0.05, 0.1) is 0 Å². The zero-order chi connectivity index (χ0) is 8.93. The topological polar surface area (TPSA) is 35.0 Å². The van der Waals surface area contributed by atoms with Crippen molar-refractivity contribution in [2.45, 2.75) is 0 Å². The van der Waals surface area contributed by atoms with E-state index in [9.17, 15) is 0 Å². The maximum atomic E-state index is 5.30. The van der Waals surface area contributed by atoms with E-state index in [-0.39, 0.29) is 0 Å². The highest BCUT2D eigenvalue weighted by molar-refractivity contribution is 5.22. The fourth-order valence-electron chi connectivity index (χ4n) is 0.877. The highest BCUT2D eigenvalue weighted by Gasteiger charge is 1.96. The van der Waals surface area contributed by atoms with Crippen LogP contribution < -0.4 is 4.74 Å². The van der Waals surface area contributed by atoms with Crippen molar-refractivity contribution < 1.29 is 4.74 Å². The molecule has 1 heterocycles. The monoisotopic (exact) mass is 171 g/mol. The Bertz CT molecular complexity index is 324. The molecular weight excluding hydrogens is 164 g/mol. The van der Waals surface area contributed by atoms with Crippen LogP contribution in [0.1, 0.15) is 0 Å². The average Bonchev–Trinajstić information content (AvgIpc) is 2.21. The van der Waals surface area contributed by atoms with Gasteiger partial charge in [0.15, 0.2) is 0 Å². The number of aromatic nitrogens is 2. The normalized spacial score (nSPS) is 9.54. The third kappa shape index (κ3) is 2.02. The molecule has 3 heteroatoms. The number of hydrogen-bond donors (Lipinski definition) is 0. The van der Waals surface area contributed by atoms with Gasteiger partial charge in [0.1, 0.15) is 5.75 Å². The summed E-state index contributed by atoms with van der Waals surface area (Å²) in [6.45, 7) is 0. The van der Waals surface area contributed by atoms with E-state index in [1.54, 1.807) is 30.6 Å². The van der Waals surface area contributed by atoms with Gasteiger partial charge in [0, 0.05) is 18.5 Å². The van der Waals surface area contributed by atoms with Crippen molar-refractivity contribution in [2.24, 2.45) is 0 Å². The van der Waals surface area contributed by atoms with Gasteiger partial charge in [0.2, 0.25) is 0 Å². The van der Waals surface area contributed by atoms with Gasteiger partial charge >= 0.3 is 6.01 Å². The van der Waals surface area contributed by atoms with Crippen LogP contribution in [-0.4, -0.2) is 9.97 Å². The van der Waals surface area contributed by atoms with E-state index in [1.165, 1.54) is 0 Å². The molecule has 3 nitrogen and oxygen atoms in total. The Morgan fingerprint density at radius 2 is 1.92 bits per heavy atom. The van der Waals surface area contributed by atoms with Crippen LogP contribution >= 0.6 is 0 Å². The van der Waals surface area contributed by atoms with E-state index in [4.69, 9.17) is 4.74 Å². The number of benzene rings is 1. The summed E-state index contributed by atoms with van der Waals surface area (Å²) in [4.78, 5) is 7.84. The molecule has 1 radical (unpaired) electrons. The van der Waals surface area contributed by atoms with Crippen molar-refractivity contribution in [3.63, 3.8) is 0 Å². The predicted molar refractivity (Wildman–Crippen MR) is 47.4 cm³/mol. The van der Waals surface area contributed by atoms with E-state index >= 15 is 0 Å². The number of hydrogen-bond acceptors (Lipinski definition) is 3. The fourth-order valence-corrected chi connectivity index (χ4v) is 0.877. The molecule has 0 aliphatic carbocycles. The van der Waals surface area contributed by atoms with Gasteiger partial charge in [-0.1, -0.05) is 18.2 Å².